The SMILES string of the molecule is CCCC(=O)OCC(=O)c1cc(C)n(-c2cc(C(=O)OC)cc(C(=O)OC)c2)c1C. The zero-order valence-electron chi connectivity index (χ0n) is 17.7. The highest BCUT2D eigenvalue weighted by Crippen LogP contribution is 2.24. The quantitative estimate of drug-likeness (QED) is 0.371. The van der Waals surface area contributed by atoms with Crippen molar-refractivity contribution in [1.29, 1.82) is 0 Å². The van der Waals surface area contributed by atoms with Gasteiger partial charge < -0.3 is 18.8 Å². The van der Waals surface area contributed by atoms with Crippen molar-refractivity contribution in [2.45, 2.75) is 33.6 Å². The molecule has 0 radical (unpaired) electrons. The normalized spacial score (nSPS) is 10.4. The third-order valence-corrected chi connectivity index (χ3v) is 4.57. The van der Waals surface area contributed by atoms with Crippen molar-refractivity contribution < 1.29 is 33.4 Å². The van der Waals surface area contributed by atoms with Gasteiger partial charge in [-0.15, -0.1) is 0 Å². The van der Waals surface area contributed by atoms with Crippen molar-refractivity contribution in [2.24, 2.45) is 0 Å². The number of ketones is 1. The Morgan fingerprint density at radius 3 is 1.97 bits per heavy atom. The summed E-state index contributed by atoms with van der Waals surface area (Å²) in [6.07, 6.45) is 0.892. The average Bonchev–Trinajstić information content (AvgIpc) is 3.04. The van der Waals surface area contributed by atoms with E-state index in [4.69, 9.17) is 14.2 Å². The summed E-state index contributed by atoms with van der Waals surface area (Å²) < 4.78 is 16.3. The Kier molecular flexibility index (Phi) is 7.52. The molecule has 0 amide bonds. The minimum absolute atomic E-state index is 0.171. The number of esters is 3. The first-order chi connectivity index (χ1) is 14.2. The van der Waals surface area contributed by atoms with Crippen LogP contribution in [0.25, 0.3) is 5.69 Å². The van der Waals surface area contributed by atoms with E-state index in [1.807, 2.05) is 6.92 Å². The fourth-order valence-corrected chi connectivity index (χ4v) is 3.15. The molecule has 1 heterocycles. The van der Waals surface area contributed by atoms with Crippen LogP contribution in [0.3, 0.4) is 0 Å². The number of nitrogens with zero attached hydrogens (tertiary/aromatic N) is 1. The van der Waals surface area contributed by atoms with E-state index < -0.39 is 17.9 Å². The topological polar surface area (TPSA) is 101 Å². The fraction of sp³-hybridized carbons (Fsp3) is 0.364. The number of benzene rings is 1. The van der Waals surface area contributed by atoms with Gasteiger partial charge in [0.25, 0.3) is 0 Å². The molecule has 8 nitrogen and oxygen atoms in total. The molecule has 0 N–H and O–H groups in total. The molecule has 0 spiro atoms. The number of aromatic nitrogens is 1. The van der Waals surface area contributed by atoms with E-state index in [9.17, 15) is 19.2 Å². The number of rotatable bonds is 8. The summed E-state index contributed by atoms with van der Waals surface area (Å²) in [5, 5.41) is 0. The lowest BCUT2D eigenvalue weighted by Gasteiger charge is -2.13. The summed E-state index contributed by atoms with van der Waals surface area (Å²) in [4.78, 5) is 48.2. The second kappa shape index (κ2) is 9.87. The van der Waals surface area contributed by atoms with Gasteiger partial charge >= 0.3 is 17.9 Å². The standard InChI is InChI=1S/C22H25NO7/c1-6-7-20(25)30-12-19(24)18-8-13(2)23(14(18)3)17-10-15(21(26)28-4)9-16(11-17)22(27)29-5/h8-11H,6-7,12H2,1-5H3. The van der Waals surface area contributed by atoms with Crippen LogP contribution in [0.1, 0.15) is 62.2 Å². The molecule has 0 atom stereocenters. The number of aryl methyl sites for hydroxylation is 1. The Balaban J connectivity index is 2.47. The number of methoxy groups -OCH3 is 2. The summed E-state index contributed by atoms with van der Waals surface area (Å²) in [5.74, 6) is -1.98. The number of ether oxygens (including phenoxy) is 3. The predicted molar refractivity (Wildman–Crippen MR) is 108 cm³/mol. The first-order valence-corrected chi connectivity index (χ1v) is 9.43. The first-order valence-electron chi connectivity index (χ1n) is 9.43. The van der Waals surface area contributed by atoms with Gasteiger partial charge in [0, 0.05) is 29.1 Å². The highest BCUT2D eigenvalue weighted by Gasteiger charge is 2.20. The van der Waals surface area contributed by atoms with Crippen LogP contribution in [-0.4, -0.2) is 49.1 Å². The second-order valence-corrected chi connectivity index (χ2v) is 6.71. The third kappa shape index (κ3) is 4.94. The zero-order chi connectivity index (χ0) is 22.4. The molecule has 0 saturated carbocycles. The van der Waals surface area contributed by atoms with Crippen LogP contribution in [0, 0.1) is 13.8 Å². The van der Waals surface area contributed by atoms with Gasteiger partial charge in [-0.05, 0) is 44.5 Å². The molecule has 2 aromatic rings. The van der Waals surface area contributed by atoms with E-state index in [1.165, 1.54) is 20.3 Å². The lowest BCUT2D eigenvalue weighted by molar-refractivity contribution is -0.142. The van der Waals surface area contributed by atoms with Crippen LogP contribution in [0.5, 0.6) is 0 Å². The summed E-state index contributed by atoms with van der Waals surface area (Å²) in [6.45, 7) is 5.02. The molecule has 1 aromatic carbocycles. The predicted octanol–water partition coefficient (Wildman–Crippen LogP) is 3.19. The highest BCUT2D eigenvalue weighted by atomic mass is 16.5. The number of hydrogen-bond acceptors (Lipinski definition) is 7. The lowest BCUT2D eigenvalue weighted by atomic mass is 10.1. The van der Waals surface area contributed by atoms with Crippen LogP contribution in [0.2, 0.25) is 0 Å². The number of Topliss-reactive ketones (excluding diaryl/α,β-unsaturated/α-hetero) is 1. The summed E-state index contributed by atoms with van der Waals surface area (Å²) in [6, 6.07) is 6.18. The van der Waals surface area contributed by atoms with Gasteiger partial charge in [0.15, 0.2) is 6.61 Å². The molecule has 0 aliphatic rings. The minimum atomic E-state index is -0.608. The molecule has 0 aliphatic heterocycles. The Hall–Kier alpha value is -3.42. The first kappa shape index (κ1) is 22.9. The Morgan fingerprint density at radius 1 is 0.900 bits per heavy atom. The van der Waals surface area contributed by atoms with E-state index in [2.05, 4.69) is 0 Å². The Bertz CT molecular complexity index is 953. The largest absolute Gasteiger partial charge is 0.465 e. The highest BCUT2D eigenvalue weighted by molar-refractivity contribution is 6.00. The molecule has 1 aromatic heterocycles. The van der Waals surface area contributed by atoms with E-state index in [0.717, 1.165) is 0 Å². The monoisotopic (exact) mass is 415 g/mol. The van der Waals surface area contributed by atoms with Gasteiger partial charge in [-0.2, -0.15) is 0 Å². The smallest absolute Gasteiger partial charge is 0.337 e. The number of carbonyl (C=O) groups is 4. The lowest BCUT2D eigenvalue weighted by Crippen LogP contribution is -2.14. The Labute approximate surface area is 174 Å². The maximum Gasteiger partial charge on any atom is 0.337 e. The fourth-order valence-electron chi connectivity index (χ4n) is 3.15. The number of hydrogen-bond donors (Lipinski definition) is 0. The molecule has 0 fully saturated rings. The van der Waals surface area contributed by atoms with E-state index in [-0.39, 0.29) is 29.9 Å². The molecule has 30 heavy (non-hydrogen) atoms. The van der Waals surface area contributed by atoms with Crippen LogP contribution in [-0.2, 0) is 19.0 Å². The van der Waals surface area contributed by atoms with Crippen LogP contribution in [0.15, 0.2) is 24.3 Å². The van der Waals surface area contributed by atoms with Crippen molar-refractivity contribution in [3.05, 3.63) is 52.3 Å². The molecule has 2 rings (SSSR count). The second-order valence-electron chi connectivity index (χ2n) is 6.71. The van der Waals surface area contributed by atoms with Crippen molar-refractivity contribution >= 4 is 23.7 Å². The van der Waals surface area contributed by atoms with Gasteiger partial charge in [0.05, 0.1) is 25.3 Å². The van der Waals surface area contributed by atoms with E-state index >= 15 is 0 Å². The molecule has 0 saturated heterocycles. The van der Waals surface area contributed by atoms with Crippen LogP contribution in [0.4, 0.5) is 0 Å². The summed E-state index contributed by atoms with van der Waals surface area (Å²) in [7, 11) is 2.49. The van der Waals surface area contributed by atoms with E-state index in [1.54, 1.807) is 36.6 Å². The van der Waals surface area contributed by atoms with Gasteiger partial charge in [-0.1, -0.05) is 6.92 Å². The maximum atomic E-state index is 12.6. The van der Waals surface area contributed by atoms with Crippen molar-refractivity contribution in [3.63, 3.8) is 0 Å². The number of carbonyl (C=O) groups excluding carboxylic acids is 4. The molecular formula is C22H25NO7. The zero-order valence-corrected chi connectivity index (χ0v) is 17.7. The summed E-state index contributed by atoms with van der Waals surface area (Å²) >= 11 is 0. The van der Waals surface area contributed by atoms with Crippen LogP contribution < -0.4 is 0 Å². The molecule has 8 heteroatoms. The van der Waals surface area contributed by atoms with Gasteiger partial charge in [-0.25, -0.2) is 9.59 Å². The van der Waals surface area contributed by atoms with Gasteiger partial charge in [0.2, 0.25) is 5.78 Å². The Morgan fingerprint density at radius 2 is 1.47 bits per heavy atom. The average molecular weight is 415 g/mol. The minimum Gasteiger partial charge on any atom is -0.465 e. The van der Waals surface area contributed by atoms with E-state index in [0.29, 0.717) is 29.1 Å². The maximum absolute atomic E-state index is 12.6. The molecule has 0 aliphatic carbocycles. The van der Waals surface area contributed by atoms with Crippen LogP contribution >= 0.6 is 0 Å². The van der Waals surface area contributed by atoms with Crippen molar-refractivity contribution in [3.8, 4) is 5.69 Å². The molecule has 0 unspecified atom stereocenters. The summed E-state index contributed by atoms with van der Waals surface area (Å²) in [5.41, 5.74) is 2.51. The van der Waals surface area contributed by atoms with Crippen molar-refractivity contribution in [1.82, 2.24) is 4.57 Å². The molecular weight excluding hydrogens is 390 g/mol. The van der Waals surface area contributed by atoms with Gasteiger partial charge in [-0.3, -0.25) is 9.59 Å². The molecule has 160 valence electrons. The third-order valence-electron chi connectivity index (χ3n) is 4.57. The van der Waals surface area contributed by atoms with Crippen molar-refractivity contribution in [2.75, 3.05) is 20.8 Å². The molecule has 0 bridgehead atoms. The van der Waals surface area contributed by atoms with Gasteiger partial charge in [0.1, 0.15) is 0 Å².